The van der Waals surface area contributed by atoms with Gasteiger partial charge >= 0.3 is 0 Å². The van der Waals surface area contributed by atoms with Crippen LogP contribution in [0.1, 0.15) is 17.3 Å². The van der Waals surface area contributed by atoms with Crippen LogP contribution in [0, 0.1) is 6.92 Å². The van der Waals surface area contributed by atoms with Crippen LogP contribution >= 0.6 is 0 Å². The highest BCUT2D eigenvalue weighted by atomic mass is 16.1. The monoisotopic (exact) mass is 305 g/mol. The first-order valence-electron chi connectivity index (χ1n) is 7.31. The minimum atomic E-state index is -0.357. The van der Waals surface area contributed by atoms with Crippen LogP contribution < -0.4 is 16.6 Å². The number of benzene rings is 2. The van der Waals surface area contributed by atoms with E-state index in [4.69, 9.17) is 5.73 Å². The van der Waals surface area contributed by atoms with Gasteiger partial charge in [-0.2, -0.15) is 4.98 Å². The molecule has 23 heavy (non-hydrogen) atoms. The molecule has 0 bridgehead atoms. The molecule has 0 unspecified atom stereocenters. The van der Waals surface area contributed by atoms with Gasteiger partial charge in [-0.3, -0.25) is 14.7 Å². The number of fused-ring (bicyclic) bond motifs is 3. The number of nitrogens with two attached hydrogens (primary N) is 1. The van der Waals surface area contributed by atoms with Gasteiger partial charge in [0.1, 0.15) is 0 Å². The largest absolute Gasteiger partial charge is 0.370 e. The Morgan fingerprint density at radius 2 is 1.87 bits per heavy atom. The number of nitrogens with one attached hydrogen (secondary N) is 1. The molecule has 6 heteroatoms. The van der Waals surface area contributed by atoms with Crippen LogP contribution in [0.3, 0.4) is 0 Å². The first-order chi connectivity index (χ1) is 11.1. The summed E-state index contributed by atoms with van der Waals surface area (Å²) < 4.78 is 1.90. The van der Waals surface area contributed by atoms with Gasteiger partial charge in [-0.25, -0.2) is 4.99 Å². The molecule has 1 aliphatic rings. The number of rotatable bonds is 1. The van der Waals surface area contributed by atoms with Crippen molar-refractivity contribution in [3.8, 4) is 0 Å². The van der Waals surface area contributed by atoms with E-state index in [-0.39, 0.29) is 17.7 Å². The lowest BCUT2D eigenvalue weighted by molar-refractivity contribution is 0.616. The fourth-order valence-corrected chi connectivity index (χ4v) is 2.82. The molecular weight excluding hydrogens is 290 g/mol. The molecule has 4 rings (SSSR count). The quantitative estimate of drug-likeness (QED) is 0.720. The molecular formula is C17H15N5O. The summed E-state index contributed by atoms with van der Waals surface area (Å²) in [6, 6.07) is 15.5. The van der Waals surface area contributed by atoms with Crippen molar-refractivity contribution in [3.63, 3.8) is 0 Å². The molecule has 0 amide bonds. The Labute approximate surface area is 132 Å². The number of para-hydroxylation sites is 1. The molecule has 6 nitrogen and oxygen atoms in total. The predicted octanol–water partition coefficient (Wildman–Crippen LogP) is 1.99. The molecule has 0 fully saturated rings. The molecule has 0 saturated heterocycles. The zero-order chi connectivity index (χ0) is 16.0. The summed E-state index contributed by atoms with van der Waals surface area (Å²) in [5, 5.41) is 3.44. The Morgan fingerprint density at radius 3 is 2.65 bits per heavy atom. The SMILES string of the molecule is Cc1ccc([C@H]2N=C(N)Nc3nc(=O)c4ccccc4n32)cc1. The van der Waals surface area contributed by atoms with E-state index in [0.717, 1.165) is 11.1 Å². The number of aromatic nitrogens is 2. The summed E-state index contributed by atoms with van der Waals surface area (Å²) in [5.74, 6) is 0.657. The summed E-state index contributed by atoms with van der Waals surface area (Å²) in [4.78, 5) is 20.8. The molecule has 0 spiro atoms. The van der Waals surface area contributed by atoms with Crippen LogP contribution in [-0.4, -0.2) is 15.5 Å². The van der Waals surface area contributed by atoms with E-state index >= 15 is 0 Å². The molecule has 2 heterocycles. The van der Waals surface area contributed by atoms with Crippen molar-refractivity contribution in [1.82, 2.24) is 9.55 Å². The lowest BCUT2D eigenvalue weighted by Gasteiger charge is -2.27. The second-order valence-electron chi connectivity index (χ2n) is 5.55. The third-order valence-electron chi connectivity index (χ3n) is 3.95. The van der Waals surface area contributed by atoms with Crippen molar-refractivity contribution < 1.29 is 0 Å². The smallest absolute Gasteiger partial charge is 0.282 e. The van der Waals surface area contributed by atoms with Gasteiger partial charge in [-0.15, -0.1) is 0 Å². The van der Waals surface area contributed by atoms with Crippen LogP contribution in [-0.2, 0) is 0 Å². The van der Waals surface area contributed by atoms with Gasteiger partial charge in [0.05, 0.1) is 10.9 Å². The zero-order valence-electron chi connectivity index (χ0n) is 12.5. The molecule has 1 aromatic heterocycles. The number of nitrogens with zero attached hydrogens (tertiary/aromatic N) is 3. The van der Waals surface area contributed by atoms with Crippen LogP contribution in [0.5, 0.6) is 0 Å². The second-order valence-corrected chi connectivity index (χ2v) is 5.55. The van der Waals surface area contributed by atoms with Crippen molar-refractivity contribution in [2.24, 2.45) is 10.7 Å². The molecule has 1 atom stereocenters. The normalized spacial score (nSPS) is 16.6. The van der Waals surface area contributed by atoms with Crippen molar-refractivity contribution in [3.05, 3.63) is 70.0 Å². The van der Waals surface area contributed by atoms with Crippen LogP contribution in [0.2, 0.25) is 0 Å². The van der Waals surface area contributed by atoms with Gasteiger partial charge in [-0.05, 0) is 24.6 Å². The number of guanidine groups is 1. The molecule has 3 aromatic rings. The van der Waals surface area contributed by atoms with Gasteiger partial charge < -0.3 is 5.73 Å². The minimum Gasteiger partial charge on any atom is -0.370 e. The Morgan fingerprint density at radius 1 is 1.13 bits per heavy atom. The van der Waals surface area contributed by atoms with Crippen molar-refractivity contribution in [2.75, 3.05) is 5.32 Å². The molecule has 0 aliphatic carbocycles. The predicted molar refractivity (Wildman–Crippen MR) is 90.6 cm³/mol. The average Bonchev–Trinajstić information content (AvgIpc) is 2.55. The standard InChI is InChI=1S/C17H15N5O/c1-10-6-8-11(9-7-10)14-19-16(18)21-17-20-15(23)12-4-2-3-5-13(12)22(14)17/h2-9,14H,1H3,(H3,18,19,20,21,23)/t14-/m0/s1. The van der Waals surface area contributed by atoms with Gasteiger partial charge in [-0.1, -0.05) is 42.0 Å². The number of hydrogen-bond donors (Lipinski definition) is 2. The van der Waals surface area contributed by atoms with Crippen LogP contribution in [0.25, 0.3) is 10.9 Å². The Balaban J connectivity index is 2.03. The van der Waals surface area contributed by atoms with Gasteiger partial charge in [0.2, 0.25) is 5.95 Å². The highest BCUT2D eigenvalue weighted by Crippen LogP contribution is 2.29. The summed E-state index contributed by atoms with van der Waals surface area (Å²) in [7, 11) is 0. The van der Waals surface area contributed by atoms with Gasteiger partial charge in [0.25, 0.3) is 5.56 Å². The van der Waals surface area contributed by atoms with Gasteiger partial charge in [0.15, 0.2) is 12.1 Å². The highest BCUT2D eigenvalue weighted by Gasteiger charge is 2.24. The van der Waals surface area contributed by atoms with E-state index in [2.05, 4.69) is 15.3 Å². The number of aryl methyl sites for hydroxylation is 1. The van der Waals surface area contributed by atoms with Crippen molar-refractivity contribution in [1.29, 1.82) is 0 Å². The van der Waals surface area contributed by atoms with Crippen LogP contribution in [0.15, 0.2) is 58.3 Å². The van der Waals surface area contributed by atoms with Crippen molar-refractivity contribution in [2.45, 2.75) is 13.1 Å². The average molecular weight is 305 g/mol. The Kier molecular flexibility index (Phi) is 2.90. The first-order valence-corrected chi connectivity index (χ1v) is 7.31. The summed E-state index contributed by atoms with van der Waals surface area (Å²) in [6.07, 6.45) is -0.357. The lowest BCUT2D eigenvalue weighted by atomic mass is 10.1. The zero-order valence-corrected chi connectivity index (χ0v) is 12.5. The lowest BCUT2D eigenvalue weighted by Crippen LogP contribution is -2.34. The first kappa shape index (κ1) is 13.5. The van der Waals surface area contributed by atoms with Gasteiger partial charge in [0, 0.05) is 0 Å². The minimum absolute atomic E-state index is 0.248. The maximum atomic E-state index is 12.2. The van der Waals surface area contributed by atoms with E-state index in [1.54, 1.807) is 6.07 Å². The van der Waals surface area contributed by atoms with E-state index in [1.807, 2.05) is 54.0 Å². The molecule has 2 aromatic carbocycles. The fourth-order valence-electron chi connectivity index (χ4n) is 2.82. The third-order valence-corrected chi connectivity index (χ3v) is 3.95. The summed E-state index contributed by atoms with van der Waals surface area (Å²) in [5.41, 5.74) is 8.53. The third kappa shape index (κ3) is 2.15. The number of aliphatic imine (C=N–C) groups is 1. The highest BCUT2D eigenvalue weighted by molar-refractivity contribution is 5.93. The molecule has 0 saturated carbocycles. The number of hydrogen-bond acceptors (Lipinski definition) is 5. The summed E-state index contributed by atoms with van der Waals surface area (Å²) in [6.45, 7) is 2.03. The molecule has 3 N–H and O–H groups in total. The van der Waals surface area contributed by atoms with Crippen molar-refractivity contribution >= 4 is 22.8 Å². The molecule has 0 radical (unpaired) electrons. The number of anilines is 1. The Hall–Kier alpha value is -3.15. The van der Waals surface area contributed by atoms with E-state index < -0.39 is 0 Å². The maximum Gasteiger partial charge on any atom is 0.282 e. The Bertz CT molecular complexity index is 988. The topological polar surface area (TPSA) is 85.3 Å². The van der Waals surface area contributed by atoms with Crippen LogP contribution in [0.4, 0.5) is 5.95 Å². The molecule has 114 valence electrons. The summed E-state index contributed by atoms with van der Waals surface area (Å²) >= 11 is 0. The maximum absolute atomic E-state index is 12.2. The van der Waals surface area contributed by atoms with E-state index in [0.29, 0.717) is 11.3 Å². The fraction of sp³-hybridized carbons (Fsp3) is 0.118. The van der Waals surface area contributed by atoms with E-state index in [9.17, 15) is 4.79 Å². The van der Waals surface area contributed by atoms with E-state index in [1.165, 1.54) is 5.56 Å². The molecule has 1 aliphatic heterocycles. The second kappa shape index (κ2) is 4.95.